The molecule has 3 heteroatoms. The molecule has 0 amide bonds. The largest absolute Gasteiger partial charge is 0.463 e. The summed E-state index contributed by atoms with van der Waals surface area (Å²) in [6.45, 7) is 11.8. The fraction of sp³-hybridized carbons (Fsp3) is 0.750. The van der Waals surface area contributed by atoms with Crippen molar-refractivity contribution in [2.24, 2.45) is 0 Å². The van der Waals surface area contributed by atoms with Gasteiger partial charge < -0.3 is 9.47 Å². The SMILES string of the molecule is C=CC(=O)OCCC.CCCOCCC. The van der Waals surface area contributed by atoms with E-state index in [-0.39, 0.29) is 5.97 Å². The summed E-state index contributed by atoms with van der Waals surface area (Å²) in [7, 11) is 0. The van der Waals surface area contributed by atoms with E-state index in [1.54, 1.807) is 0 Å². The molecule has 0 heterocycles. The van der Waals surface area contributed by atoms with Gasteiger partial charge in [0.2, 0.25) is 0 Å². The van der Waals surface area contributed by atoms with E-state index in [1.807, 2.05) is 6.92 Å². The number of carbonyl (C=O) groups is 1. The van der Waals surface area contributed by atoms with Gasteiger partial charge in [0.05, 0.1) is 6.61 Å². The van der Waals surface area contributed by atoms with Gasteiger partial charge in [-0.1, -0.05) is 27.4 Å². The molecule has 0 bridgehead atoms. The van der Waals surface area contributed by atoms with Crippen molar-refractivity contribution >= 4 is 5.97 Å². The Morgan fingerprint density at radius 2 is 1.53 bits per heavy atom. The topological polar surface area (TPSA) is 35.5 Å². The summed E-state index contributed by atoms with van der Waals surface area (Å²) in [6, 6.07) is 0. The molecule has 0 aromatic heterocycles. The van der Waals surface area contributed by atoms with Gasteiger partial charge in [0.15, 0.2) is 0 Å². The van der Waals surface area contributed by atoms with Gasteiger partial charge in [-0.05, 0) is 19.3 Å². The van der Waals surface area contributed by atoms with E-state index in [1.165, 1.54) is 0 Å². The Morgan fingerprint density at radius 3 is 1.87 bits per heavy atom. The van der Waals surface area contributed by atoms with Crippen molar-refractivity contribution in [2.45, 2.75) is 40.0 Å². The van der Waals surface area contributed by atoms with E-state index in [4.69, 9.17) is 4.74 Å². The third-order valence-electron chi connectivity index (χ3n) is 1.31. The number of ether oxygens (including phenoxy) is 2. The van der Waals surface area contributed by atoms with Crippen molar-refractivity contribution < 1.29 is 14.3 Å². The van der Waals surface area contributed by atoms with Crippen LogP contribution in [-0.4, -0.2) is 25.8 Å². The molecule has 0 saturated heterocycles. The maximum absolute atomic E-state index is 10.2. The highest BCUT2D eigenvalue weighted by molar-refractivity contribution is 5.81. The second-order valence-electron chi connectivity index (χ2n) is 2.98. The van der Waals surface area contributed by atoms with Crippen LogP contribution in [0.3, 0.4) is 0 Å². The van der Waals surface area contributed by atoms with Crippen LogP contribution < -0.4 is 0 Å². The molecule has 90 valence electrons. The molecule has 0 aliphatic heterocycles. The fourth-order valence-corrected chi connectivity index (χ4v) is 0.652. The van der Waals surface area contributed by atoms with E-state index in [0.29, 0.717) is 6.61 Å². The molecule has 0 aromatic carbocycles. The van der Waals surface area contributed by atoms with Gasteiger partial charge in [0.25, 0.3) is 0 Å². The number of esters is 1. The molecular weight excluding hydrogens is 192 g/mol. The van der Waals surface area contributed by atoms with Crippen LogP contribution in [0.1, 0.15) is 40.0 Å². The van der Waals surface area contributed by atoms with Gasteiger partial charge in [-0.15, -0.1) is 0 Å². The molecule has 0 fully saturated rings. The van der Waals surface area contributed by atoms with Crippen LogP contribution in [0.2, 0.25) is 0 Å². The smallest absolute Gasteiger partial charge is 0.330 e. The molecule has 0 unspecified atom stereocenters. The lowest BCUT2D eigenvalue weighted by Crippen LogP contribution is -1.99. The zero-order valence-corrected chi connectivity index (χ0v) is 10.3. The zero-order chi connectivity index (χ0) is 11.9. The molecule has 3 nitrogen and oxygen atoms in total. The van der Waals surface area contributed by atoms with E-state index < -0.39 is 0 Å². The molecule has 0 N–H and O–H groups in total. The maximum Gasteiger partial charge on any atom is 0.330 e. The van der Waals surface area contributed by atoms with Crippen LogP contribution in [0.25, 0.3) is 0 Å². The quantitative estimate of drug-likeness (QED) is 0.373. The van der Waals surface area contributed by atoms with Crippen LogP contribution in [0.4, 0.5) is 0 Å². The summed E-state index contributed by atoms with van der Waals surface area (Å²) in [6.07, 6.45) is 4.30. The zero-order valence-electron chi connectivity index (χ0n) is 10.3. The first-order chi connectivity index (χ1) is 7.22. The van der Waals surface area contributed by atoms with E-state index >= 15 is 0 Å². The molecule has 0 aliphatic rings. The van der Waals surface area contributed by atoms with Crippen molar-refractivity contribution in [2.75, 3.05) is 19.8 Å². The number of rotatable bonds is 7. The number of hydrogen-bond acceptors (Lipinski definition) is 3. The van der Waals surface area contributed by atoms with Gasteiger partial charge in [0.1, 0.15) is 0 Å². The highest BCUT2D eigenvalue weighted by atomic mass is 16.5. The predicted molar refractivity (Wildman–Crippen MR) is 62.8 cm³/mol. The van der Waals surface area contributed by atoms with Crippen LogP contribution in [0, 0.1) is 0 Å². The Hall–Kier alpha value is -0.830. The standard InChI is InChI=1S/C6H10O2.C6H14O/c1-3-5-8-6(7)4-2;1-3-5-7-6-4-2/h4H,2-3,5H2,1H3;3-6H2,1-2H3. The van der Waals surface area contributed by atoms with Crippen molar-refractivity contribution in [3.63, 3.8) is 0 Å². The Morgan fingerprint density at radius 1 is 1.07 bits per heavy atom. The summed E-state index contributed by atoms with van der Waals surface area (Å²) in [5.41, 5.74) is 0. The van der Waals surface area contributed by atoms with E-state index in [9.17, 15) is 4.79 Å². The van der Waals surface area contributed by atoms with E-state index in [0.717, 1.165) is 38.6 Å². The molecule has 0 aliphatic carbocycles. The minimum absolute atomic E-state index is 0.341. The van der Waals surface area contributed by atoms with Gasteiger partial charge in [-0.3, -0.25) is 0 Å². The van der Waals surface area contributed by atoms with Gasteiger partial charge in [0, 0.05) is 19.3 Å². The highest BCUT2D eigenvalue weighted by Gasteiger charge is 1.89. The predicted octanol–water partition coefficient (Wildman–Crippen LogP) is 2.95. The monoisotopic (exact) mass is 216 g/mol. The summed E-state index contributed by atoms with van der Waals surface area (Å²) in [4.78, 5) is 10.2. The second-order valence-corrected chi connectivity index (χ2v) is 2.98. The number of carbonyl (C=O) groups excluding carboxylic acids is 1. The molecule has 0 atom stereocenters. The van der Waals surface area contributed by atoms with E-state index in [2.05, 4.69) is 25.2 Å². The second kappa shape index (κ2) is 15.6. The average Bonchev–Trinajstić information content (AvgIpc) is 2.27. The highest BCUT2D eigenvalue weighted by Crippen LogP contribution is 1.82. The first-order valence-corrected chi connectivity index (χ1v) is 5.59. The third kappa shape index (κ3) is 19.5. The number of hydrogen-bond donors (Lipinski definition) is 0. The van der Waals surface area contributed by atoms with Crippen molar-refractivity contribution in [3.8, 4) is 0 Å². The average molecular weight is 216 g/mol. The van der Waals surface area contributed by atoms with Crippen molar-refractivity contribution in [3.05, 3.63) is 12.7 Å². The molecule has 0 spiro atoms. The molecule has 0 radical (unpaired) electrons. The van der Waals surface area contributed by atoms with Gasteiger partial charge in [-0.25, -0.2) is 4.79 Å². The Kier molecular flexibility index (Phi) is 17.3. The Labute approximate surface area is 93.5 Å². The summed E-state index contributed by atoms with van der Waals surface area (Å²) in [5.74, 6) is -0.341. The fourth-order valence-electron chi connectivity index (χ4n) is 0.652. The van der Waals surface area contributed by atoms with Crippen LogP contribution >= 0.6 is 0 Å². The third-order valence-corrected chi connectivity index (χ3v) is 1.31. The molecule has 15 heavy (non-hydrogen) atoms. The summed E-state index contributed by atoms with van der Waals surface area (Å²) < 4.78 is 9.72. The first kappa shape index (κ1) is 16.6. The summed E-state index contributed by atoms with van der Waals surface area (Å²) in [5, 5.41) is 0. The Balaban J connectivity index is 0. The normalized spacial score (nSPS) is 8.73. The molecule has 0 saturated carbocycles. The summed E-state index contributed by atoms with van der Waals surface area (Å²) >= 11 is 0. The first-order valence-electron chi connectivity index (χ1n) is 5.59. The lowest BCUT2D eigenvalue weighted by Gasteiger charge is -1.95. The van der Waals surface area contributed by atoms with Crippen molar-refractivity contribution in [1.82, 2.24) is 0 Å². The molecular formula is C12H24O3. The van der Waals surface area contributed by atoms with Gasteiger partial charge >= 0.3 is 5.97 Å². The Bertz CT molecular complexity index is 140. The lowest BCUT2D eigenvalue weighted by molar-refractivity contribution is -0.137. The molecule has 0 aromatic rings. The van der Waals surface area contributed by atoms with Crippen LogP contribution in [0.15, 0.2) is 12.7 Å². The molecule has 0 rings (SSSR count). The van der Waals surface area contributed by atoms with Crippen LogP contribution in [0.5, 0.6) is 0 Å². The van der Waals surface area contributed by atoms with Crippen molar-refractivity contribution in [1.29, 1.82) is 0 Å². The lowest BCUT2D eigenvalue weighted by atomic mass is 10.5. The minimum Gasteiger partial charge on any atom is -0.463 e. The van der Waals surface area contributed by atoms with Crippen LogP contribution in [-0.2, 0) is 14.3 Å². The minimum atomic E-state index is -0.341. The maximum atomic E-state index is 10.2. The van der Waals surface area contributed by atoms with Gasteiger partial charge in [-0.2, -0.15) is 0 Å².